The molecule has 0 atom stereocenters. The highest BCUT2D eigenvalue weighted by Gasteiger charge is 2.30. The molecule has 9 nitrogen and oxygen atoms in total. The minimum atomic E-state index is -4.47. The lowest BCUT2D eigenvalue weighted by Crippen LogP contribution is -2.42. The van der Waals surface area contributed by atoms with Crippen molar-refractivity contribution in [2.24, 2.45) is 12.8 Å². The molecule has 30 heavy (non-hydrogen) atoms. The SMILES string of the molecule is Cc1cn2c3c(=O)n(CC(N)=O)c(=O)n(C)c3nc2n1-c1ccc(C(F)(F)F)cc1. The fourth-order valence-corrected chi connectivity index (χ4v) is 3.42. The number of hydrogen-bond acceptors (Lipinski definition) is 4. The molecule has 156 valence electrons. The zero-order valence-corrected chi connectivity index (χ0v) is 15.8. The minimum absolute atomic E-state index is 0.0436. The number of rotatable bonds is 3. The minimum Gasteiger partial charge on any atom is -0.368 e. The lowest BCUT2D eigenvalue weighted by atomic mass is 10.2. The van der Waals surface area contributed by atoms with Gasteiger partial charge < -0.3 is 5.73 Å². The third kappa shape index (κ3) is 2.79. The van der Waals surface area contributed by atoms with Gasteiger partial charge in [0.25, 0.3) is 5.56 Å². The van der Waals surface area contributed by atoms with Crippen LogP contribution in [0.5, 0.6) is 0 Å². The third-order valence-electron chi connectivity index (χ3n) is 4.79. The Balaban J connectivity index is 2.02. The van der Waals surface area contributed by atoms with E-state index in [9.17, 15) is 27.6 Å². The van der Waals surface area contributed by atoms with Crippen molar-refractivity contribution in [3.8, 4) is 5.69 Å². The maximum Gasteiger partial charge on any atom is 0.416 e. The van der Waals surface area contributed by atoms with Crippen molar-refractivity contribution in [2.45, 2.75) is 19.6 Å². The Hall–Kier alpha value is -3.83. The molecule has 12 heteroatoms. The van der Waals surface area contributed by atoms with E-state index >= 15 is 0 Å². The summed E-state index contributed by atoms with van der Waals surface area (Å²) < 4.78 is 43.4. The molecule has 1 aromatic carbocycles. The molecule has 0 saturated heterocycles. The van der Waals surface area contributed by atoms with Gasteiger partial charge >= 0.3 is 11.9 Å². The summed E-state index contributed by atoms with van der Waals surface area (Å²) in [6.45, 7) is 1.11. The molecular formula is C18H15F3N6O3. The molecule has 3 heterocycles. The molecule has 3 aromatic heterocycles. The van der Waals surface area contributed by atoms with E-state index in [0.717, 1.165) is 16.7 Å². The standard InChI is InChI=1S/C18H15F3N6O3/c1-9-7-25-13-14(24(2)17(30)26(15(13)29)8-12(22)28)23-16(25)27(9)11-5-3-10(4-6-11)18(19,20)21/h3-7H,8H2,1-2H3,(H2,22,28). The van der Waals surface area contributed by atoms with Crippen molar-refractivity contribution < 1.29 is 18.0 Å². The van der Waals surface area contributed by atoms with Gasteiger partial charge in [-0.1, -0.05) is 0 Å². The molecule has 0 saturated carbocycles. The molecule has 0 fully saturated rings. The number of primary amides is 1. The van der Waals surface area contributed by atoms with Crippen LogP contribution in [0.3, 0.4) is 0 Å². The first-order valence-electron chi connectivity index (χ1n) is 8.66. The van der Waals surface area contributed by atoms with Crippen LogP contribution in [0.15, 0.2) is 40.1 Å². The number of aromatic nitrogens is 5. The number of carbonyl (C=O) groups is 1. The number of alkyl halides is 3. The zero-order valence-electron chi connectivity index (χ0n) is 15.8. The van der Waals surface area contributed by atoms with Gasteiger partial charge in [0.2, 0.25) is 11.7 Å². The Morgan fingerprint density at radius 1 is 1.17 bits per heavy atom. The number of carbonyl (C=O) groups excluding carboxylic acids is 1. The molecule has 0 unspecified atom stereocenters. The normalized spacial score (nSPS) is 12.2. The summed E-state index contributed by atoms with van der Waals surface area (Å²) in [4.78, 5) is 41.0. The molecule has 1 amide bonds. The Morgan fingerprint density at radius 2 is 1.80 bits per heavy atom. The molecule has 0 spiro atoms. The van der Waals surface area contributed by atoms with Crippen LogP contribution in [0.4, 0.5) is 13.2 Å². The number of aryl methyl sites for hydroxylation is 2. The van der Waals surface area contributed by atoms with Gasteiger partial charge in [-0.2, -0.15) is 18.2 Å². The van der Waals surface area contributed by atoms with E-state index in [2.05, 4.69) is 4.98 Å². The lowest BCUT2D eigenvalue weighted by molar-refractivity contribution is -0.137. The number of fused-ring (bicyclic) bond motifs is 3. The number of nitrogens with zero attached hydrogens (tertiary/aromatic N) is 5. The molecule has 0 aliphatic carbocycles. The number of amides is 1. The second-order valence-electron chi connectivity index (χ2n) is 6.80. The van der Waals surface area contributed by atoms with Gasteiger partial charge in [-0.15, -0.1) is 0 Å². The third-order valence-corrected chi connectivity index (χ3v) is 4.79. The number of imidazole rings is 2. The predicted octanol–water partition coefficient (Wildman–Crippen LogP) is 0.951. The maximum atomic E-state index is 12.9. The fourth-order valence-electron chi connectivity index (χ4n) is 3.42. The van der Waals surface area contributed by atoms with Crippen LogP contribution in [-0.4, -0.2) is 29.0 Å². The molecular weight excluding hydrogens is 405 g/mol. The Kier molecular flexibility index (Phi) is 4.12. The quantitative estimate of drug-likeness (QED) is 0.532. The summed E-state index contributed by atoms with van der Waals surface area (Å²) >= 11 is 0. The van der Waals surface area contributed by atoms with E-state index < -0.39 is 35.4 Å². The molecule has 0 aliphatic rings. The first kappa shape index (κ1) is 19.5. The van der Waals surface area contributed by atoms with Crippen LogP contribution in [-0.2, 0) is 24.6 Å². The monoisotopic (exact) mass is 420 g/mol. The lowest BCUT2D eigenvalue weighted by Gasteiger charge is -2.09. The van der Waals surface area contributed by atoms with E-state index in [1.165, 1.54) is 23.6 Å². The van der Waals surface area contributed by atoms with Gasteiger partial charge in [-0.3, -0.25) is 23.1 Å². The van der Waals surface area contributed by atoms with Crippen LogP contribution < -0.4 is 17.0 Å². The first-order valence-corrected chi connectivity index (χ1v) is 8.66. The van der Waals surface area contributed by atoms with E-state index in [-0.39, 0.29) is 16.9 Å². The van der Waals surface area contributed by atoms with E-state index in [1.54, 1.807) is 17.7 Å². The maximum absolute atomic E-state index is 12.9. The van der Waals surface area contributed by atoms with Crippen molar-refractivity contribution in [1.29, 1.82) is 0 Å². The van der Waals surface area contributed by atoms with Crippen molar-refractivity contribution in [3.05, 3.63) is 62.6 Å². The summed E-state index contributed by atoms with van der Waals surface area (Å²) in [6.07, 6.45) is -2.89. The smallest absolute Gasteiger partial charge is 0.368 e. The van der Waals surface area contributed by atoms with Crippen molar-refractivity contribution in [2.75, 3.05) is 0 Å². The fraction of sp³-hybridized carbons (Fsp3) is 0.222. The highest BCUT2D eigenvalue weighted by molar-refractivity contribution is 5.77. The number of halogens is 3. The summed E-state index contributed by atoms with van der Waals surface area (Å²) in [6, 6.07) is 4.48. The number of hydrogen-bond donors (Lipinski definition) is 1. The van der Waals surface area contributed by atoms with Gasteiger partial charge in [0.1, 0.15) is 6.54 Å². The van der Waals surface area contributed by atoms with Gasteiger partial charge in [0.05, 0.1) is 5.56 Å². The molecule has 4 aromatic rings. The van der Waals surface area contributed by atoms with Gasteiger partial charge in [-0.05, 0) is 31.2 Å². The second kappa shape index (κ2) is 6.34. The summed E-state index contributed by atoms with van der Waals surface area (Å²) in [5, 5.41) is 0. The average Bonchev–Trinajstić information content (AvgIpc) is 3.17. The van der Waals surface area contributed by atoms with Gasteiger partial charge in [0.15, 0.2) is 11.2 Å². The summed E-state index contributed by atoms with van der Waals surface area (Å²) in [7, 11) is 1.39. The summed E-state index contributed by atoms with van der Waals surface area (Å²) in [5.74, 6) is -0.626. The second-order valence-corrected chi connectivity index (χ2v) is 6.80. The highest BCUT2D eigenvalue weighted by atomic mass is 19.4. The van der Waals surface area contributed by atoms with Crippen LogP contribution in [0, 0.1) is 6.92 Å². The highest BCUT2D eigenvalue weighted by Crippen LogP contribution is 2.30. The Labute approximate surface area is 165 Å². The molecule has 2 N–H and O–H groups in total. The van der Waals surface area contributed by atoms with Crippen molar-refractivity contribution >= 4 is 22.8 Å². The summed E-state index contributed by atoms with van der Waals surface area (Å²) in [5.41, 5.74) is 3.94. The molecule has 0 radical (unpaired) electrons. The Morgan fingerprint density at radius 3 is 2.37 bits per heavy atom. The van der Waals surface area contributed by atoms with Gasteiger partial charge in [-0.25, -0.2) is 9.36 Å². The predicted molar refractivity (Wildman–Crippen MR) is 100 cm³/mol. The van der Waals surface area contributed by atoms with E-state index in [1.807, 2.05) is 0 Å². The number of benzene rings is 1. The van der Waals surface area contributed by atoms with Crippen LogP contribution in [0.2, 0.25) is 0 Å². The average molecular weight is 420 g/mol. The zero-order chi connectivity index (χ0) is 22.0. The number of nitrogens with two attached hydrogens (primary N) is 1. The van der Waals surface area contributed by atoms with Gasteiger partial charge in [0, 0.05) is 24.6 Å². The van der Waals surface area contributed by atoms with Crippen LogP contribution in [0.1, 0.15) is 11.3 Å². The molecule has 4 rings (SSSR count). The van der Waals surface area contributed by atoms with E-state index in [0.29, 0.717) is 15.9 Å². The molecule has 0 bridgehead atoms. The van der Waals surface area contributed by atoms with Crippen molar-refractivity contribution in [3.63, 3.8) is 0 Å². The van der Waals surface area contributed by atoms with Crippen LogP contribution in [0.25, 0.3) is 22.6 Å². The topological polar surface area (TPSA) is 109 Å². The largest absolute Gasteiger partial charge is 0.416 e. The Bertz CT molecular complexity index is 1440. The van der Waals surface area contributed by atoms with Crippen LogP contribution >= 0.6 is 0 Å². The van der Waals surface area contributed by atoms with Crippen molar-refractivity contribution in [1.82, 2.24) is 23.1 Å². The van der Waals surface area contributed by atoms with E-state index in [4.69, 9.17) is 5.73 Å². The first-order chi connectivity index (χ1) is 14.0. The molecule has 0 aliphatic heterocycles.